The molecule has 12 amide bonds. The van der Waals surface area contributed by atoms with Crippen LogP contribution in [0.5, 0.6) is 0 Å². The Morgan fingerprint density at radius 3 is 1.95 bits per heavy atom. The van der Waals surface area contributed by atoms with Gasteiger partial charge in [0.2, 0.25) is 70.9 Å². The summed E-state index contributed by atoms with van der Waals surface area (Å²) in [5, 5.41) is 8.17. The molecule has 2 bridgehead atoms. The van der Waals surface area contributed by atoms with Crippen LogP contribution in [0, 0.1) is 17.8 Å². The van der Waals surface area contributed by atoms with E-state index in [4.69, 9.17) is 16.3 Å². The average Bonchev–Trinajstić information content (AvgIpc) is 1.16. The molecule has 5 fully saturated rings. The first-order valence-corrected chi connectivity index (χ1v) is 37.2. The Labute approximate surface area is 613 Å². The first-order chi connectivity index (χ1) is 49.3. The van der Waals surface area contributed by atoms with E-state index in [0.717, 1.165) is 34.8 Å². The minimum Gasteiger partial charge on any atom is -0.378 e. The molecule has 2 saturated carbocycles. The highest BCUT2D eigenvalue weighted by atomic mass is 35.5. The predicted octanol–water partition coefficient (Wildman–Crippen LogP) is 5.24. The SMILES string of the molecule is CCC(C)[C@H]1NC(=O)[C@H](CC(C)C)N(C)C(=O)C[C@@H](C(=O)N2CCOCC2)N(C)C(=O)[C@H](C2CCCC2)N(C)C(=O)C2(CCCC2)NC(=O)[C@@H]2CCCN2C(=O)[C@H](CCc2ccc(C(F)(F)F)c(Cl)c2)NC(=O)CN(C)C(=O)[C@H](Cc2ccccc2)N2C/C=C\CC[C@@H](C2=O)N(C)C(=O)CN(C)C1=O. The minimum atomic E-state index is -4.77. The fourth-order valence-electron chi connectivity index (χ4n) is 15.5. The van der Waals surface area contributed by atoms with Gasteiger partial charge in [-0.05, 0) is 112 Å². The highest BCUT2D eigenvalue weighted by molar-refractivity contribution is 6.31. The van der Waals surface area contributed by atoms with E-state index < -0.39 is 173 Å². The Balaban J connectivity index is 1.20. The van der Waals surface area contributed by atoms with E-state index in [1.165, 1.54) is 82.7 Å². The highest BCUT2D eigenvalue weighted by Crippen LogP contribution is 2.39. The van der Waals surface area contributed by atoms with E-state index in [9.17, 15) is 32.3 Å². The topological polar surface area (TPSA) is 279 Å². The predicted molar refractivity (Wildman–Crippen MR) is 381 cm³/mol. The second-order valence-electron chi connectivity index (χ2n) is 29.6. The number of amides is 12. The first-order valence-electron chi connectivity index (χ1n) is 36.8. The molecule has 0 aromatic heterocycles. The lowest BCUT2D eigenvalue weighted by atomic mass is 9.90. The molecule has 1 unspecified atom stereocenters. The van der Waals surface area contributed by atoms with Crippen molar-refractivity contribution in [1.29, 1.82) is 0 Å². The number of nitrogens with one attached hydrogen (secondary N) is 3. The third-order valence-electron chi connectivity index (χ3n) is 22.0. The van der Waals surface area contributed by atoms with Crippen molar-refractivity contribution in [1.82, 2.24) is 60.0 Å². The fraction of sp³-hybridized carbons (Fsp3) is 0.653. The van der Waals surface area contributed by atoms with Crippen LogP contribution in [-0.2, 0) is 81.3 Å². The van der Waals surface area contributed by atoms with Gasteiger partial charge in [0.05, 0.1) is 43.3 Å². The third-order valence-corrected chi connectivity index (χ3v) is 22.3. The quantitative estimate of drug-likeness (QED) is 0.243. The van der Waals surface area contributed by atoms with E-state index >= 15 is 38.4 Å². The maximum atomic E-state index is 15.7. The molecule has 3 N–H and O–H groups in total. The van der Waals surface area contributed by atoms with Crippen LogP contribution in [-0.4, -0.2) is 264 Å². The number of hydrogen-bond donors (Lipinski definition) is 3. The zero-order chi connectivity index (χ0) is 76.1. The van der Waals surface area contributed by atoms with Gasteiger partial charge >= 0.3 is 6.18 Å². The molecule has 9 atom stereocenters. The number of hydrogen-bond acceptors (Lipinski definition) is 13. The molecule has 3 saturated heterocycles. The summed E-state index contributed by atoms with van der Waals surface area (Å²) >= 11 is 6.18. The summed E-state index contributed by atoms with van der Waals surface area (Å²) in [6.07, 6.45) is 2.99. The number of carbonyl (C=O) groups excluding carboxylic acids is 12. The van der Waals surface area contributed by atoms with Crippen LogP contribution in [0.2, 0.25) is 5.02 Å². The Morgan fingerprint density at radius 1 is 0.654 bits per heavy atom. The summed E-state index contributed by atoms with van der Waals surface area (Å²) in [7, 11) is 8.52. The Kier molecular flexibility index (Phi) is 28.4. The van der Waals surface area contributed by atoms with Crippen molar-refractivity contribution in [3.63, 3.8) is 0 Å². The molecule has 25 nitrogen and oxygen atoms in total. The molecule has 29 heteroatoms. The molecule has 6 aliphatic rings. The number of fused-ring (bicyclic) bond motifs is 3. The van der Waals surface area contributed by atoms with E-state index in [0.29, 0.717) is 50.5 Å². The van der Waals surface area contributed by atoms with Gasteiger partial charge in [-0.15, -0.1) is 0 Å². The number of aryl methyl sites for hydroxylation is 1. The Bertz CT molecular complexity index is 3470. The molecular formula is C75H106ClF3N12O13. The molecule has 0 radical (unpaired) electrons. The van der Waals surface area contributed by atoms with Crippen molar-refractivity contribution < 1.29 is 75.4 Å². The van der Waals surface area contributed by atoms with Gasteiger partial charge in [-0.3, -0.25) is 57.5 Å². The van der Waals surface area contributed by atoms with E-state index in [1.54, 1.807) is 43.3 Å². The van der Waals surface area contributed by atoms with Gasteiger partial charge in [0.15, 0.2) is 0 Å². The maximum Gasteiger partial charge on any atom is 0.417 e. The number of ether oxygens (including phenoxy) is 1. The van der Waals surface area contributed by atoms with Gasteiger partial charge in [0.1, 0.15) is 53.9 Å². The van der Waals surface area contributed by atoms with Crippen molar-refractivity contribution in [3.8, 4) is 0 Å². The second-order valence-corrected chi connectivity index (χ2v) is 30.0. The number of benzene rings is 2. The van der Waals surface area contributed by atoms with Gasteiger partial charge in [-0.1, -0.05) is 120 Å². The molecule has 4 heterocycles. The normalized spacial score (nSPS) is 26.8. The summed E-state index contributed by atoms with van der Waals surface area (Å²) in [5.74, 6) is -9.16. The lowest BCUT2D eigenvalue weighted by Gasteiger charge is -2.42. The first kappa shape index (κ1) is 81.5. The van der Waals surface area contributed by atoms with E-state index in [1.807, 2.05) is 26.8 Å². The van der Waals surface area contributed by atoms with Crippen molar-refractivity contribution >= 4 is 82.5 Å². The molecule has 572 valence electrons. The van der Waals surface area contributed by atoms with Gasteiger partial charge in [0, 0.05) is 74.9 Å². The lowest BCUT2D eigenvalue weighted by molar-refractivity contribution is -0.157. The summed E-state index contributed by atoms with van der Waals surface area (Å²) in [6.45, 7) is 6.66. The van der Waals surface area contributed by atoms with Crippen molar-refractivity contribution in [2.24, 2.45) is 17.8 Å². The monoisotopic (exact) mass is 1470 g/mol. The molecule has 2 aromatic rings. The highest BCUT2D eigenvalue weighted by Gasteiger charge is 2.52. The molecule has 104 heavy (non-hydrogen) atoms. The number of alkyl halides is 3. The molecular weight excluding hydrogens is 1370 g/mol. The average molecular weight is 1480 g/mol. The van der Waals surface area contributed by atoms with Crippen LogP contribution >= 0.6 is 11.6 Å². The van der Waals surface area contributed by atoms with Gasteiger partial charge < -0.3 is 64.8 Å². The number of carbonyl (C=O) groups is 12. The number of rotatable bonds is 11. The second kappa shape index (κ2) is 36.2. The van der Waals surface area contributed by atoms with Crippen LogP contribution in [0.25, 0.3) is 0 Å². The van der Waals surface area contributed by atoms with Crippen molar-refractivity contribution in [3.05, 3.63) is 82.4 Å². The zero-order valence-electron chi connectivity index (χ0n) is 61.9. The molecule has 1 spiro atoms. The van der Waals surface area contributed by atoms with Crippen LogP contribution in [0.3, 0.4) is 0 Å². The van der Waals surface area contributed by atoms with Crippen molar-refractivity contribution in [2.45, 2.75) is 203 Å². The number of allylic oxidation sites excluding steroid dienone is 1. The van der Waals surface area contributed by atoms with Gasteiger partial charge in [0.25, 0.3) is 0 Å². The molecule has 2 aliphatic carbocycles. The lowest BCUT2D eigenvalue weighted by Crippen LogP contribution is -2.65. The maximum absolute atomic E-state index is 15.7. The molecule has 8 rings (SSSR count). The summed E-state index contributed by atoms with van der Waals surface area (Å²) in [6, 6.07) is 1.71. The molecule has 4 aliphatic heterocycles. The zero-order valence-corrected chi connectivity index (χ0v) is 62.6. The summed E-state index contributed by atoms with van der Waals surface area (Å²) in [5.41, 5.74) is -1.75. The largest absolute Gasteiger partial charge is 0.417 e. The fourth-order valence-corrected chi connectivity index (χ4v) is 15.9. The van der Waals surface area contributed by atoms with E-state index in [-0.39, 0.29) is 102 Å². The van der Waals surface area contributed by atoms with E-state index in [2.05, 4.69) is 16.0 Å². The molecule has 2 aromatic carbocycles. The van der Waals surface area contributed by atoms with Crippen molar-refractivity contribution in [2.75, 3.05) is 94.8 Å². The number of likely N-dealkylation sites (N-methyl/N-ethyl adjacent to an activating group) is 6. The van der Waals surface area contributed by atoms with Crippen LogP contribution in [0.15, 0.2) is 60.7 Å². The van der Waals surface area contributed by atoms with Gasteiger partial charge in [-0.2, -0.15) is 13.2 Å². The standard InChI is InChI=1S/C75H106ClF3N12O13/c1-11-48(4)63-71(101)84(6)46-62(94)85(7)56-27-16-13-21-35-91(70(56)100)59(43-49-23-14-12-15-24-49)68(98)83(5)45-60(92)80-54(32-30-50-29-31-52(53(76)42-50)75(77,78)79)67(97)90-36-22-28-55(90)66(96)82-74(33-19-20-34-74)73(103)88(10)64(51-25-17-18-26-51)72(102)87(9)58(69(99)89-37-39-104-40-38-89)44-61(93)86(8)57(41-47(2)3)65(95)81-63/h12-15,21,23-24,29,31,42,47-48,51,54-59,63-64H,11,16-20,22,25-28,30,32-41,43-46H2,1-10H3,(H,80,92)(H,81,95)(H,82,96)/b21-13-/t48?,54-,55-,56-,57-,58-,59-,63+,64-/m0/s1. The minimum absolute atomic E-state index is 0.0161. The van der Waals surface area contributed by atoms with Gasteiger partial charge in [-0.25, -0.2) is 0 Å². The van der Waals surface area contributed by atoms with Crippen LogP contribution in [0.1, 0.15) is 147 Å². The number of morpholine rings is 1. The smallest absolute Gasteiger partial charge is 0.378 e. The Hall–Kier alpha value is -8.14. The third kappa shape index (κ3) is 19.7. The summed E-state index contributed by atoms with van der Waals surface area (Å²) < 4.78 is 47.4. The van der Waals surface area contributed by atoms with Crippen LogP contribution in [0.4, 0.5) is 13.2 Å². The number of halogens is 4. The number of nitrogens with zero attached hydrogens (tertiary/aromatic N) is 9. The van der Waals surface area contributed by atoms with Crippen LogP contribution < -0.4 is 16.0 Å². The summed E-state index contributed by atoms with van der Waals surface area (Å²) in [4.78, 5) is 193. The Morgan fingerprint density at radius 2 is 1.32 bits per heavy atom.